The van der Waals surface area contributed by atoms with Crippen LogP contribution in [0.4, 0.5) is 0 Å². The highest BCUT2D eigenvalue weighted by molar-refractivity contribution is 7.90. The van der Waals surface area contributed by atoms with Gasteiger partial charge in [0.1, 0.15) is 10.8 Å². The second-order valence-corrected chi connectivity index (χ2v) is 9.04. The van der Waals surface area contributed by atoms with E-state index in [0.29, 0.717) is 10.7 Å². The molecule has 0 radical (unpaired) electrons. The van der Waals surface area contributed by atoms with Crippen LogP contribution < -0.4 is 0 Å². The molecule has 0 saturated heterocycles. The normalized spacial score (nSPS) is 12.8. The van der Waals surface area contributed by atoms with E-state index in [-0.39, 0.29) is 25.1 Å². The summed E-state index contributed by atoms with van der Waals surface area (Å²) in [5.41, 5.74) is 0.536. The molecule has 0 fully saturated rings. The van der Waals surface area contributed by atoms with Crippen molar-refractivity contribution in [2.75, 3.05) is 19.5 Å². The number of hydrogen-bond donors (Lipinski definition) is 0. The summed E-state index contributed by atoms with van der Waals surface area (Å²) < 4.78 is 44.9. The van der Waals surface area contributed by atoms with Crippen molar-refractivity contribution < 1.29 is 22.0 Å². The Morgan fingerprint density at radius 3 is 2.37 bits per heavy atom. The van der Waals surface area contributed by atoms with Crippen LogP contribution in [0.3, 0.4) is 0 Å². The number of hydrogen-bond acceptors (Lipinski definition) is 7. The summed E-state index contributed by atoms with van der Waals surface area (Å²) in [5, 5.41) is 2.17. The zero-order valence-corrected chi connectivity index (χ0v) is 13.7. The molecule has 0 N–H and O–H groups in total. The van der Waals surface area contributed by atoms with E-state index in [1.165, 1.54) is 11.3 Å². The van der Waals surface area contributed by atoms with E-state index in [4.69, 9.17) is 9.05 Å². The first-order chi connectivity index (χ1) is 8.78. The van der Waals surface area contributed by atoms with Gasteiger partial charge in [-0.2, -0.15) is 0 Å². The van der Waals surface area contributed by atoms with Gasteiger partial charge in [0, 0.05) is 11.6 Å². The van der Waals surface area contributed by atoms with Gasteiger partial charge in [-0.25, -0.2) is 13.4 Å². The SMILES string of the molecule is CCOP(=O)(Cc1csc(CS(C)(=O)=O)n1)OCC. The number of thiazole rings is 1. The average Bonchev–Trinajstić information content (AvgIpc) is 2.62. The molecule has 110 valence electrons. The van der Waals surface area contributed by atoms with Crippen LogP contribution in [0.1, 0.15) is 24.5 Å². The molecule has 1 aromatic heterocycles. The molecule has 0 unspecified atom stereocenters. The monoisotopic (exact) mass is 327 g/mol. The van der Waals surface area contributed by atoms with Crippen molar-refractivity contribution in [3.05, 3.63) is 16.1 Å². The zero-order valence-electron chi connectivity index (χ0n) is 11.2. The van der Waals surface area contributed by atoms with E-state index in [1.807, 2.05) is 0 Å². The van der Waals surface area contributed by atoms with Crippen LogP contribution in [-0.4, -0.2) is 32.9 Å². The molecule has 0 atom stereocenters. The molecule has 0 bridgehead atoms. The average molecular weight is 327 g/mol. The highest BCUT2D eigenvalue weighted by atomic mass is 32.2. The number of rotatable bonds is 8. The molecular formula is C10H18NO5PS2. The highest BCUT2D eigenvalue weighted by Gasteiger charge is 2.25. The Hall–Kier alpha value is -0.270. The summed E-state index contributed by atoms with van der Waals surface area (Å²) in [7, 11) is -6.30. The first-order valence-corrected chi connectivity index (χ1v) is 10.4. The smallest absolute Gasteiger partial charge is 0.309 e. The molecule has 0 aliphatic carbocycles. The molecule has 0 aromatic carbocycles. The molecule has 0 spiro atoms. The summed E-state index contributed by atoms with van der Waals surface area (Å²) in [6, 6.07) is 0. The van der Waals surface area contributed by atoms with Crippen LogP contribution in [-0.2, 0) is 35.4 Å². The largest absolute Gasteiger partial charge is 0.336 e. The van der Waals surface area contributed by atoms with Crippen molar-refractivity contribution in [2.45, 2.75) is 25.8 Å². The predicted molar refractivity (Wildman–Crippen MR) is 75.2 cm³/mol. The molecule has 19 heavy (non-hydrogen) atoms. The van der Waals surface area contributed by atoms with E-state index >= 15 is 0 Å². The van der Waals surface area contributed by atoms with Gasteiger partial charge < -0.3 is 9.05 Å². The van der Waals surface area contributed by atoms with Crippen molar-refractivity contribution >= 4 is 28.8 Å². The summed E-state index contributed by atoms with van der Waals surface area (Å²) in [5.74, 6) is -0.106. The van der Waals surface area contributed by atoms with Crippen LogP contribution in [0, 0.1) is 0 Å². The van der Waals surface area contributed by atoms with Gasteiger partial charge in [0.25, 0.3) is 0 Å². The number of aromatic nitrogens is 1. The maximum Gasteiger partial charge on any atom is 0.336 e. The fraction of sp³-hybridized carbons (Fsp3) is 0.700. The highest BCUT2D eigenvalue weighted by Crippen LogP contribution is 2.51. The molecule has 0 saturated carbocycles. The van der Waals surface area contributed by atoms with E-state index in [1.54, 1.807) is 19.2 Å². The third-order valence-corrected chi connectivity index (χ3v) is 5.88. The Labute approximate surface area is 117 Å². The number of sulfone groups is 1. The van der Waals surface area contributed by atoms with Crippen LogP contribution >= 0.6 is 18.9 Å². The second-order valence-electron chi connectivity index (χ2n) is 3.91. The van der Waals surface area contributed by atoms with Gasteiger partial charge in [-0.3, -0.25) is 4.57 Å². The molecule has 1 heterocycles. The minimum atomic E-state index is -3.18. The van der Waals surface area contributed by atoms with E-state index in [0.717, 1.165) is 6.26 Å². The molecule has 1 rings (SSSR count). The molecule has 1 aromatic rings. The van der Waals surface area contributed by atoms with Gasteiger partial charge in [-0.15, -0.1) is 11.3 Å². The lowest BCUT2D eigenvalue weighted by Crippen LogP contribution is -2.02. The zero-order chi connectivity index (χ0) is 14.5. The maximum atomic E-state index is 12.3. The standard InChI is InChI=1S/C10H18NO5PS2/c1-4-15-17(12,16-5-2)6-9-7-18-10(11-9)8-19(3,13)14/h7H,4-6,8H2,1-3H3. The molecule has 9 heteroatoms. The van der Waals surface area contributed by atoms with Gasteiger partial charge >= 0.3 is 7.60 Å². The van der Waals surface area contributed by atoms with Gasteiger partial charge in [-0.1, -0.05) is 0 Å². The maximum absolute atomic E-state index is 12.3. The summed E-state index contributed by atoms with van der Waals surface area (Å²) in [6.07, 6.45) is 1.22. The summed E-state index contributed by atoms with van der Waals surface area (Å²) in [6.45, 7) is 4.05. The Balaban J connectivity index is 2.78. The Morgan fingerprint density at radius 1 is 1.32 bits per heavy atom. The van der Waals surface area contributed by atoms with Gasteiger partial charge in [0.2, 0.25) is 0 Å². The first kappa shape index (κ1) is 16.8. The Morgan fingerprint density at radius 2 is 1.89 bits per heavy atom. The quantitative estimate of drug-likeness (QED) is 0.682. The third kappa shape index (κ3) is 6.14. The van der Waals surface area contributed by atoms with Crippen molar-refractivity contribution in [1.29, 1.82) is 0 Å². The minimum Gasteiger partial charge on any atom is -0.309 e. The van der Waals surface area contributed by atoms with Crippen molar-refractivity contribution in [3.63, 3.8) is 0 Å². The summed E-state index contributed by atoms with van der Waals surface area (Å²) in [4.78, 5) is 4.15. The van der Waals surface area contributed by atoms with Gasteiger partial charge in [0.05, 0.1) is 25.1 Å². The lowest BCUT2D eigenvalue weighted by Gasteiger charge is -2.15. The van der Waals surface area contributed by atoms with E-state index in [2.05, 4.69) is 4.98 Å². The van der Waals surface area contributed by atoms with Crippen LogP contribution in [0.15, 0.2) is 5.38 Å². The lowest BCUT2D eigenvalue weighted by atomic mass is 10.6. The van der Waals surface area contributed by atoms with Crippen LogP contribution in [0.2, 0.25) is 0 Å². The van der Waals surface area contributed by atoms with Crippen LogP contribution in [0.25, 0.3) is 0 Å². The molecule has 0 aliphatic heterocycles. The second kappa shape index (κ2) is 6.95. The van der Waals surface area contributed by atoms with Crippen molar-refractivity contribution in [2.24, 2.45) is 0 Å². The Kier molecular flexibility index (Phi) is 6.14. The first-order valence-electron chi connectivity index (χ1n) is 5.77. The molecule has 0 aliphatic rings. The molecule has 0 amide bonds. The number of nitrogens with zero attached hydrogens (tertiary/aromatic N) is 1. The topological polar surface area (TPSA) is 82.6 Å². The third-order valence-electron chi connectivity index (χ3n) is 1.99. The Bertz CT molecular complexity index is 544. The van der Waals surface area contributed by atoms with E-state index < -0.39 is 17.4 Å². The van der Waals surface area contributed by atoms with Crippen molar-refractivity contribution in [1.82, 2.24) is 4.98 Å². The molecular weight excluding hydrogens is 309 g/mol. The minimum absolute atomic E-state index is 0.0644. The van der Waals surface area contributed by atoms with E-state index in [9.17, 15) is 13.0 Å². The lowest BCUT2D eigenvalue weighted by molar-refractivity contribution is 0.219. The fourth-order valence-electron chi connectivity index (χ4n) is 1.43. The van der Waals surface area contributed by atoms with Gasteiger partial charge in [-0.05, 0) is 13.8 Å². The van der Waals surface area contributed by atoms with Crippen LogP contribution in [0.5, 0.6) is 0 Å². The van der Waals surface area contributed by atoms with Crippen molar-refractivity contribution in [3.8, 4) is 0 Å². The summed E-state index contributed by atoms with van der Waals surface area (Å²) >= 11 is 1.23. The predicted octanol–water partition coefficient (Wildman–Crippen LogP) is 2.45. The molecule has 6 nitrogen and oxygen atoms in total. The van der Waals surface area contributed by atoms with Gasteiger partial charge in [0.15, 0.2) is 9.84 Å². The fourth-order valence-corrected chi connectivity index (χ4v) is 5.16.